The molecule has 0 bridgehead atoms. The molecule has 0 aromatic heterocycles. The number of halogens is 4. The van der Waals surface area contributed by atoms with E-state index in [2.05, 4.69) is 0 Å². The average Bonchev–Trinajstić information content (AvgIpc) is 2.15. The topological polar surface area (TPSA) is 37.3 Å². The van der Waals surface area contributed by atoms with Crippen LogP contribution in [0.3, 0.4) is 0 Å². The van der Waals surface area contributed by atoms with Crippen LogP contribution in [-0.4, -0.2) is 17.3 Å². The fourth-order valence-corrected chi connectivity index (χ4v) is 1.73. The van der Waals surface area contributed by atoms with Gasteiger partial charge in [0.1, 0.15) is 0 Å². The van der Waals surface area contributed by atoms with Crippen LogP contribution in [0.5, 0.6) is 0 Å². The molecule has 2 atom stereocenters. The summed E-state index contributed by atoms with van der Waals surface area (Å²) in [5.74, 6) is -5.13. The van der Waals surface area contributed by atoms with Gasteiger partial charge < -0.3 is 5.11 Å². The highest BCUT2D eigenvalue weighted by atomic mass is 35.5. The van der Waals surface area contributed by atoms with Crippen LogP contribution in [0.4, 0.5) is 13.2 Å². The first-order valence-corrected chi connectivity index (χ1v) is 5.16. The monoisotopic (exact) mass is 266 g/mol. The third-order valence-electron chi connectivity index (χ3n) is 2.49. The predicted molar refractivity (Wildman–Crippen MR) is 57.0 cm³/mol. The van der Waals surface area contributed by atoms with Crippen LogP contribution < -0.4 is 0 Å². The molecule has 1 N–H and O–H groups in total. The Labute approximate surface area is 101 Å². The van der Waals surface area contributed by atoms with Gasteiger partial charge in [-0.2, -0.15) is 13.2 Å². The fourth-order valence-electron chi connectivity index (χ4n) is 1.53. The smallest absolute Gasteiger partial charge is 0.392 e. The summed E-state index contributed by atoms with van der Waals surface area (Å²) in [6.07, 6.45) is -4.56. The van der Waals surface area contributed by atoms with E-state index in [4.69, 9.17) is 16.7 Å². The van der Waals surface area contributed by atoms with E-state index in [1.165, 1.54) is 24.3 Å². The van der Waals surface area contributed by atoms with Gasteiger partial charge >= 0.3 is 12.1 Å². The van der Waals surface area contributed by atoms with Gasteiger partial charge in [0.2, 0.25) is 0 Å². The summed E-state index contributed by atoms with van der Waals surface area (Å²) >= 11 is 5.64. The van der Waals surface area contributed by atoms with Gasteiger partial charge in [0, 0.05) is 5.02 Å². The van der Waals surface area contributed by atoms with E-state index in [0.717, 1.165) is 6.92 Å². The van der Waals surface area contributed by atoms with E-state index in [0.29, 0.717) is 0 Å². The largest absolute Gasteiger partial charge is 0.481 e. The van der Waals surface area contributed by atoms with Crippen molar-refractivity contribution in [3.05, 3.63) is 34.9 Å². The van der Waals surface area contributed by atoms with Gasteiger partial charge in [-0.05, 0) is 17.7 Å². The molecule has 0 spiro atoms. The lowest BCUT2D eigenvalue weighted by Gasteiger charge is -2.23. The summed E-state index contributed by atoms with van der Waals surface area (Å²) in [5.41, 5.74) is 0.0508. The molecule has 2 nitrogen and oxygen atoms in total. The van der Waals surface area contributed by atoms with E-state index >= 15 is 0 Å². The normalized spacial score (nSPS) is 15.4. The molecule has 0 amide bonds. The molecule has 1 aromatic rings. The molecule has 0 aliphatic rings. The van der Waals surface area contributed by atoms with Crippen molar-refractivity contribution in [2.24, 2.45) is 5.92 Å². The highest BCUT2D eigenvalue weighted by molar-refractivity contribution is 6.30. The van der Waals surface area contributed by atoms with Crippen LogP contribution >= 0.6 is 11.6 Å². The van der Waals surface area contributed by atoms with E-state index in [1.807, 2.05) is 0 Å². The van der Waals surface area contributed by atoms with Crippen LogP contribution in [0.15, 0.2) is 24.3 Å². The summed E-state index contributed by atoms with van der Waals surface area (Å²) in [6, 6.07) is 5.47. The summed E-state index contributed by atoms with van der Waals surface area (Å²) in [5, 5.41) is 9.12. The van der Waals surface area contributed by atoms with Crippen molar-refractivity contribution in [1.29, 1.82) is 0 Å². The lowest BCUT2D eigenvalue weighted by atomic mass is 9.87. The Morgan fingerprint density at radius 1 is 1.41 bits per heavy atom. The molecule has 1 rings (SSSR count). The SMILES string of the molecule is CC(C(C(=O)O)c1cccc(Cl)c1)C(F)(F)F. The van der Waals surface area contributed by atoms with Crippen LogP contribution in [0.1, 0.15) is 18.4 Å². The molecule has 0 saturated carbocycles. The van der Waals surface area contributed by atoms with Gasteiger partial charge in [-0.3, -0.25) is 4.79 Å². The Morgan fingerprint density at radius 2 is 2.00 bits per heavy atom. The average molecular weight is 267 g/mol. The standard InChI is InChI=1S/C11H10ClF3O2/c1-6(11(13,14)15)9(10(16)17)7-3-2-4-8(12)5-7/h2-6,9H,1H3,(H,16,17). The van der Waals surface area contributed by atoms with Crippen molar-refractivity contribution in [3.63, 3.8) is 0 Å². The van der Waals surface area contributed by atoms with E-state index in [9.17, 15) is 18.0 Å². The van der Waals surface area contributed by atoms with Gasteiger partial charge in [-0.25, -0.2) is 0 Å². The minimum atomic E-state index is -4.56. The zero-order valence-corrected chi connectivity index (χ0v) is 9.59. The highest BCUT2D eigenvalue weighted by Gasteiger charge is 2.45. The molecule has 0 aliphatic heterocycles. The Bertz CT molecular complexity index is 417. The highest BCUT2D eigenvalue weighted by Crippen LogP contribution is 2.37. The lowest BCUT2D eigenvalue weighted by Crippen LogP contribution is -2.31. The number of carbonyl (C=O) groups is 1. The molecule has 6 heteroatoms. The van der Waals surface area contributed by atoms with Crippen molar-refractivity contribution in [3.8, 4) is 0 Å². The van der Waals surface area contributed by atoms with Crippen molar-refractivity contribution < 1.29 is 23.1 Å². The zero-order chi connectivity index (χ0) is 13.2. The van der Waals surface area contributed by atoms with E-state index in [-0.39, 0.29) is 10.6 Å². The number of carboxylic acids is 1. The van der Waals surface area contributed by atoms with Crippen LogP contribution in [0.2, 0.25) is 5.02 Å². The number of rotatable bonds is 3. The first-order chi connectivity index (χ1) is 7.73. The van der Waals surface area contributed by atoms with Crippen molar-refractivity contribution in [2.75, 3.05) is 0 Å². The molecule has 0 radical (unpaired) electrons. The number of carboxylic acid groups (broad SMARTS) is 1. The summed E-state index contributed by atoms with van der Waals surface area (Å²) in [4.78, 5) is 11.0. The fraction of sp³-hybridized carbons (Fsp3) is 0.364. The maximum atomic E-state index is 12.5. The maximum Gasteiger partial charge on any atom is 0.392 e. The van der Waals surface area contributed by atoms with Crippen LogP contribution in [-0.2, 0) is 4.79 Å². The quantitative estimate of drug-likeness (QED) is 0.906. The van der Waals surface area contributed by atoms with E-state index in [1.54, 1.807) is 0 Å². The lowest BCUT2D eigenvalue weighted by molar-refractivity contribution is -0.183. The van der Waals surface area contributed by atoms with Crippen molar-refractivity contribution in [2.45, 2.75) is 19.0 Å². The number of alkyl halides is 3. The summed E-state index contributed by atoms with van der Waals surface area (Å²) in [6.45, 7) is 0.847. The molecule has 0 aliphatic carbocycles. The summed E-state index contributed by atoms with van der Waals surface area (Å²) in [7, 11) is 0. The van der Waals surface area contributed by atoms with Gasteiger partial charge in [0.15, 0.2) is 0 Å². The molecule has 0 heterocycles. The molecule has 17 heavy (non-hydrogen) atoms. The molecule has 1 aromatic carbocycles. The molecule has 2 unspecified atom stereocenters. The number of hydrogen-bond donors (Lipinski definition) is 1. The first kappa shape index (κ1) is 13.8. The van der Waals surface area contributed by atoms with Crippen molar-refractivity contribution in [1.82, 2.24) is 0 Å². The zero-order valence-electron chi connectivity index (χ0n) is 8.83. The minimum absolute atomic E-state index is 0.0508. The molecule has 0 fully saturated rings. The molecular weight excluding hydrogens is 257 g/mol. The first-order valence-electron chi connectivity index (χ1n) is 4.78. The molecule has 0 saturated heterocycles. The second-order valence-electron chi connectivity index (χ2n) is 3.70. The Hall–Kier alpha value is -1.23. The Kier molecular flexibility index (Phi) is 4.03. The van der Waals surface area contributed by atoms with Crippen LogP contribution in [0.25, 0.3) is 0 Å². The maximum absolute atomic E-state index is 12.5. The number of aliphatic carboxylic acids is 1. The molecule has 94 valence electrons. The second kappa shape index (κ2) is 4.96. The van der Waals surface area contributed by atoms with Gasteiger partial charge in [-0.1, -0.05) is 30.7 Å². The van der Waals surface area contributed by atoms with Crippen LogP contribution in [0, 0.1) is 5.92 Å². The second-order valence-corrected chi connectivity index (χ2v) is 4.14. The third kappa shape index (κ3) is 3.36. The molecular formula is C11H10ClF3O2. The predicted octanol–water partition coefficient (Wildman–Crippen LogP) is 3.71. The van der Waals surface area contributed by atoms with Gasteiger partial charge in [-0.15, -0.1) is 0 Å². The Balaban J connectivity index is 3.15. The minimum Gasteiger partial charge on any atom is -0.481 e. The number of benzene rings is 1. The summed E-state index contributed by atoms with van der Waals surface area (Å²) < 4.78 is 37.6. The van der Waals surface area contributed by atoms with Gasteiger partial charge in [0.25, 0.3) is 0 Å². The van der Waals surface area contributed by atoms with Crippen molar-refractivity contribution >= 4 is 17.6 Å². The van der Waals surface area contributed by atoms with Gasteiger partial charge in [0.05, 0.1) is 11.8 Å². The Morgan fingerprint density at radius 3 is 2.41 bits per heavy atom. The third-order valence-corrected chi connectivity index (χ3v) is 2.73. The van der Waals surface area contributed by atoms with E-state index < -0.39 is 24.0 Å². The number of hydrogen-bond acceptors (Lipinski definition) is 1.